The van der Waals surface area contributed by atoms with Gasteiger partial charge in [-0.05, 0) is 13.8 Å². The number of aliphatic hydroxyl groups is 4. The van der Waals surface area contributed by atoms with Crippen molar-refractivity contribution in [3.8, 4) is 0 Å². The standard InChI is InChI=1S/C12H17N5O4.C12H17N5O3/c1-5-7(19)12(2,3-18)21-10(5)17-4-14-6-8(17)15-11(13)16-9(6)20;1-6-8(19)12(2,3-18)20-11(6)17-5-16-7-9(13)14-4-15-10(7)17/h4-5,7,10,18-19H,3H2,1-2H3,(H3,13,15,16,20);4-6,8,11,18-19H,3H2,1-2H3,(H2,13,14,15)/t5-,7-,10+,12+;6-,8-,11+,12+/m00/s1. The summed E-state index contributed by atoms with van der Waals surface area (Å²) in [5.41, 5.74) is 10.3. The third-order valence-corrected chi connectivity index (χ3v) is 7.94. The zero-order chi connectivity index (χ0) is 29.9. The van der Waals surface area contributed by atoms with Gasteiger partial charge in [0.2, 0.25) is 5.95 Å². The first-order chi connectivity index (χ1) is 19.3. The highest BCUT2D eigenvalue weighted by Crippen LogP contribution is 2.43. The Balaban J connectivity index is 0.000000165. The van der Waals surface area contributed by atoms with E-state index in [4.69, 9.17) is 20.9 Å². The molecular weight excluding hydrogens is 540 g/mol. The van der Waals surface area contributed by atoms with Gasteiger partial charge in [0.05, 0.1) is 38.1 Å². The molecule has 0 spiro atoms. The summed E-state index contributed by atoms with van der Waals surface area (Å²) in [5, 5.41) is 39.3. The molecule has 17 heteroatoms. The van der Waals surface area contributed by atoms with Crippen molar-refractivity contribution in [2.24, 2.45) is 11.8 Å². The fourth-order valence-electron chi connectivity index (χ4n) is 5.40. The summed E-state index contributed by atoms with van der Waals surface area (Å²) in [5.74, 6) is -0.266. The summed E-state index contributed by atoms with van der Waals surface area (Å²) < 4.78 is 14.9. The van der Waals surface area contributed by atoms with Crippen molar-refractivity contribution in [3.05, 3.63) is 29.3 Å². The van der Waals surface area contributed by atoms with Gasteiger partial charge in [-0.1, -0.05) is 13.8 Å². The van der Waals surface area contributed by atoms with Gasteiger partial charge in [0.15, 0.2) is 22.6 Å². The van der Waals surface area contributed by atoms with E-state index in [2.05, 4.69) is 29.9 Å². The van der Waals surface area contributed by atoms with E-state index in [1.165, 1.54) is 12.7 Å². The highest BCUT2D eigenvalue weighted by molar-refractivity contribution is 5.81. The molecule has 0 radical (unpaired) electrons. The Kier molecular flexibility index (Phi) is 7.21. The van der Waals surface area contributed by atoms with Crippen LogP contribution in [0.15, 0.2) is 23.8 Å². The van der Waals surface area contributed by atoms with Crippen LogP contribution in [0.3, 0.4) is 0 Å². The molecule has 8 atom stereocenters. The van der Waals surface area contributed by atoms with Crippen molar-refractivity contribution in [2.45, 2.75) is 63.6 Å². The normalized spacial score (nSPS) is 33.4. The number of H-pyrrole nitrogens is 1. The van der Waals surface area contributed by atoms with Crippen LogP contribution in [0, 0.1) is 11.8 Å². The monoisotopic (exact) mass is 574 g/mol. The van der Waals surface area contributed by atoms with Crippen LogP contribution in [-0.4, -0.2) is 96.1 Å². The molecule has 2 aliphatic heterocycles. The zero-order valence-corrected chi connectivity index (χ0v) is 22.9. The molecule has 0 aromatic carbocycles. The van der Waals surface area contributed by atoms with Crippen molar-refractivity contribution in [2.75, 3.05) is 24.7 Å². The lowest BCUT2D eigenvalue weighted by atomic mass is 9.93. The molecule has 9 N–H and O–H groups in total. The largest absolute Gasteiger partial charge is 0.393 e. The second kappa shape index (κ2) is 10.3. The van der Waals surface area contributed by atoms with E-state index in [0.29, 0.717) is 17.0 Å². The molecule has 6 heterocycles. The van der Waals surface area contributed by atoms with Gasteiger partial charge in [-0.25, -0.2) is 19.9 Å². The van der Waals surface area contributed by atoms with Gasteiger partial charge in [-0.15, -0.1) is 0 Å². The molecule has 0 aliphatic carbocycles. The molecule has 0 amide bonds. The summed E-state index contributed by atoms with van der Waals surface area (Å²) in [6, 6.07) is 0. The molecule has 41 heavy (non-hydrogen) atoms. The maximum absolute atomic E-state index is 11.8. The maximum atomic E-state index is 11.8. The predicted molar refractivity (Wildman–Crippen MR) is 144 cm³/mol. The van der Waals surface area contributed by atoms with Gasteiger partial charge in [0.1, 0.15) is 35.5 Å². The first-order valence-corrected chi connectivity index (χ1v) is 12.9. The number of nitrogen functional groups attached to an aromatic ring is 2. The smallest absolute Gasteiger partial charge is 0.280 e. The van der Waals surface area contributed by atoms with E-state index in [-0.39, 0.29) is 42.2 Å². The van der Waals surface area contributed by atoms with Crippen molar-refractivity contribution in [3.63, 3.8) is 0 Å². The quantitative estimate of drug-likeness (QED) is 0.149. The molecule has 2 saturated heterocycles. The Morgan fingerprint density at radius 2 is 1.39 bits per heavy atom. The number of aromatic nitrogens is 8. The average molecular weight is 575 g/mol. The minimum absolute atomic E-state index is 0.0228. The average Bonchev–Trinajstić information content (AvgIpc) is 3.68. The van der Waals surface area contributed by atoms with E-state index in [1.54, 1.807) is 36.2 Å². The fourth-order valence-corrected chi connectivity index (χ4v) is 5.40. The number of aliphatic hydroxyl groups excluding tert-OH is 4. The fraction of sp³-hybridized carbons (Fsp3) is 0.583. The Bertz CT molecular complexity index is 1620. The summed E-state index contributed by atoms with van der Waals surface area (Å²) in [4.78, 5) is 34.5. The van der Waals surface area contributed by atoms with Crippen LogP contribution in [0.5, 0.6) is 0 Å². The molecule has 2 fully saturated rings. The molecule has 4 aromatic rings. The lowest BCUT2D eigenvalue weighted by Gasteiger charge is -2.25. The van der Waals surface area contributed by atoms with Gasteiger partial charge in [-0.2, -0.15) is 4.98 Å². The molecule has 0 unspecified atom stereocenters. The SMILES string of the molecule is C[C@@H]1[C@H](n2cnc3c(=O)[nH]c(N)nc32)O[C@](C)(CO)[C@H]1O.C[C@@H]1[C@H](n2cnc3c(N)ncnc32)O[C@](C)(CO)[C@H]1O. The number of aromatic amines is 1. The highest BCUT2D eigenvalue weighted by atomic mass is 16.6. The summed E-state index contributed by atoms with van der Waals surface area (Å²) in [7, 11) is 0. The summed E-state index contributed by atoms with van der Waals surface area (Å²) >= 11 is 0. The zero-order valence-electron chi connectivity index (χ0n) is 22.9. The first-order valence-electron chi connectivity index (χ1n) is 12.9. The second-order valence-electron chi connectivity index (χ2n) is 10.9. The number of fused-ring (bicyclic) bond motifs is 2. The van der Waals surface area contributed by atoms with Crippen molar-refractivity contribution < 1.29 is 29.9 Å². The third-order valence-electron chi connectivity index (χ3n) is 7.94. The number of nitrogens with zero attached hydrogens (tertiary/aromatic N) is 7. The Morgan fingerprint density at radius 1 is 0.878 bits per heavy atom. The first kappa shape index (κ1) is 28.8. The van der Waals surface area contributed by atoms with E-state index in [9.17, 15) is 25.2 Å². The Morgan fingerprint density at radius 3 is 1.90 bits per heavy atom. The number of nitrogens with one attached hydrogen (secondary N) is 1. The minimum atomic E-state index is -1.08. The number of hydrogen-bond acceptors (Lipinski definition) is 14. The number of imidazole rings is 2. The molecule has 222 valence electrons. The van der Waals surface area contributed by atoms with Gasteiger partial charge in [0.25, 0.3) is 5.56 Å². The number of rotatable bonds is 4. The minimum Gasteiger partial charge on any atom is -0.393 e. The topological polar surface area (TPSA) is 259 Å². The number of ether oxygens (including phenoxy) is 2. The van der Waals surface area contributed by atoms with Crippen molar-refractivity contribution in [1.29, 1.82) is 0 Å². The van der Waals surface area contributed by atoms with Crippen molar-refractivity contribution in [1.82, 2.24) is 39.0 Å². The van der Waals surface area contributed by atoms with Crippen LogP contribution in [0.4, 0.5) is 11.8 Å². The van der Waals surface area contributed by atoms with Crippen LogP contribution >= 0.6 is 0 Å². The van der Waals surface area contributed by atoms with Crippen LogP contribution in [0.2, 0.25) is 0 Å². The van der Waals surface area contributed by atoms with E-state index < -0.39 is 41.4 Å². The molecule has 0 saturated carbocycles. The maximum Gasteiger partial charge on any atom is 0.280 e. The van der Waals surface area contributed by atoms with Crippen LogP contribution in [0.1, 0.15) is 40.2 Å². The highest BCUT2D eigenvalue weighted by Gasteiger charge is 2.51. The second-order valence-corrected chi connectivity index (χ2v) is 10.9. The van der Waals surface area contributed by atoms with E-state index in [0.717, 1.165) is 0 Å². The van der Waals surface area contributed by atoms with E-state index >= 15 is 0 Å². The van der Waals surface area contributed by atoms with Gasteiger partial charge in [-0.3, -0.25) is 18.9 Å². The van der Waals surface area contributed by atoms with Crippen LogP contribution in [-0.2, 0) is 9.47 Å². The Hall–Kier alpha value is -3.74. The molecule has 17 nitrogen and oxygen atoms in total. The van der Waals surface area contributed by atoms with Gasteiger partial charge in [0, 0.05) is 11.8 Å². The molecule has 2 aliphatic rings. The van der Waals surface area contributed by atoms with Crippen LogP contribution in [0.25, 0.3) is 22.3 Å². The lowest BCUT2D eigenvalue weighted by Crippen LogP contribution is -2.41. The summed E-state index contributed by atoms with van der Waals surface area (Å²) in [6.07, 6.45) is 1.63. The van der Waals surface area contributed by atoms with E-state index in [1.807, 2.05) is 6.92 Å². The van der Waals surface area contributed by atoms with Crippen LogP contribution < -0.4 is 17.0 Å². The Labute approximate surface area is 232 Å². The summed E-state index contributed by atoms with van der Waals surface area (Å²) in [6.45, 7) is 6.36. The lowest BCUT2D eigenvalue weighted by molar-refractivity contribution is -0.115. The predicted octanol–water partition coefficient (Wildman–Crippen LogP) is -1.34. The molecule has 6 rings (SSSR count). The molecule has 0 bridgehead atoms. The van der Waals surface area contributed by atoms with Gasteiger partial charge >= 0.3 is 0 Å². The number of anilines is 2. The number of nitrogens with two attached hydrogens (primary N) is 2. The molecular formula is C24H34N10O7. The number of hydrogen-bond donors (Lipinski definition) is 7. The third kappa shape index (κ3) is 4.59. The van der Waals surface area contributed by atoms with Gasteiger partial charge < -0.3 is 41.4 Å². The molecule has 4 aromatic heterocycles. The van der Waals surface area contributed by atoms with Crippen molar-refractivity contribution >= 4 is 34.1 Å².